The molecule has 0 aliphatic rings. The number of hydrogen-bond donors (Lipinski definition) is 4. The minimum absolute atomic E-state index is 0.0980. The Kier molecular flexibility index (Phi) is 23.0. The van der Waals surface area contributed by atoms with E-state index in [1.54, 1.807) is 30.5 Å². The van der Waals surface area contributed by atoms with Crippen molar-refractivity contribution in [3.8, 4) is 12.1 Å². The molecule has 84 heavy (non-hydrogen) atoms. The van der Waals surface area contributed by atoms with Crippen molar-refractivity contribution in [2.75, 3.05) is 19.8 Å². The van der Waals surface area contributed by atoms with Crippen LogP contribution in [-0.2, 0) is 55.5 Å². The Hall–Kier alpha value is -6.55. The largest absolute Gasteiger partial charge is 0.360 e. The van der Waals surface area contributed by atoms with E-state index in [9.17, 15) is 24.0 Å². The minimum Gasteiger partial charge on any atom is -0.360 e. The van der Waals surface area contributed by atoms with Crippen molar-refractivity contribution in [3.05, 3.63) is 106 Å². The first-order chi connectivity index (χ1) is 39.5. The van der Waals surface area contributed by atoms with Gasteiger partial charge in [0.15, 0.2) is 39.0 Å². The molecule has 0 atom stereocenters. The van der Waals surface area contributed by atoms with Crippen LogP contribution in [0.4, 0.5) is 0 Å². The van der Waals surface area contributed by atoms with E-state index in [-0.39, 0.29) is 51.4 Å². The lowest BCUT2D eigenvalue weighted by molar-refractivity contribution is 0.0812. The Labute approximate surface area is 522 Å². The van der Waals surface area contributed by atoms with Gasteiger partial charge in [0.1, 0.15) is 71.0 Å². The fraction of sp³-hybridized carbons (Fsp3) is 0.438. The van der Waals surface area contributed by atoms with Crippen LogP contribution in [0.1, 0.15) is 11.4 Å². The number of halogens is 3. The highest BCUT2D eigenvalue weighted by Gasteiger charge is 2.20. The van der Waals surface area contributed by atoms with Gasteiger partial charge in [-0.1, -0.05) is 58.9 Å². The van der Waals surface area contributed by atoms with Crippen molar-refractivity contribution >= 4 is 147 Å². The number of nitrogens with one attached hydrogen (secondary N) is 4. The third kappa shape index (κ3) is 17.5. The number of aromatic amines is 4. The summed E-state index contributed by atoms with van der Waals surface area (Å²) in [6, 6.07) is 7.03. The fourth-order valence-electron chi connectivity index (χ4n) is 7.07. The van der Waals surface area contributed by atoms with Gasteiger partial charge >= 0.3 is 0 Å². The Bertz CT molecular complexity index is 4340. The second kappa shape index (κ2) is 29.0. The summed E-state index contributed by atoms with van der Waals surface area (Å²) in [7, 11) is 1.54. The third-order valence-corrected chi connectivity index (χ3v) is 19.2. The van der Waals surface area contributed by atoms with E-state index in [0.717, 1.165) is 25.5 Å². The van der Waals surface area contributed by atoms with Gasteiger partial charge in [-0.25, -0.2) is 39.0 Å². The van der Waals surface area contributed by atoms with Crippen molar-refractivity contribution in [3.63, 3.8) is 0 Å². The molecule has 10 heterocycles. The maximum absolute atomic E-state index is 12.2. The number of fused-ring (bicyclic) bond motifs is 5. The number of rotatable bonds is 15. The fourth-order valence-corrected chi connectivity index (χ4v) is 11.2. The molecule has 0 radical (unpaired) electrons. The smallest absolute Gasteiger partial charge is 0.279 e. The monoisotopic (exact) mass is 1540 g/mol. The SMILES string of the molecule is C[Si](C)(C)CCOCn1nc(I)c2nc[nH]c(=O)c21.Cn1cnc2c(C#N)n[nH]c2c1=O.Cn1cnc2c(C#N)nn(COCC[Si](C)(C)C)c2c1=O.Cn1cnc2c(I)nn(COCC[Si](C)(C)C)c2c1=O.O=c1[nH]cnc2c(I)[nH]nc12. The van der Waals surface area contributed by atoms with Gasteiger partial charge in [-0.15, -0.1) is 0 Å². The van der Waals surface area contributed by atoms with Crippen LogP contribution in [-0.4, -0.2) is 142 Å². The molecule has 0 amide bonds. The van der Waals surface area contributed by atoms with E-state index >= 15 is 0 Å². The maximum atomic E-state index is 12.2. The van der Waals surface area contributed by atoms with Gasteiger partial charge in [0, 0.05) is 65.2 Å². The number of nitrogens with zero attached hydrogens (tertiary/aromatic N) is 18. The van der Waals surface area contributed by atoms with Crippen LogP contribution in [0.3, 0.4) is 0 Å². The summed E-state index contributed by atoms with van der Waals surface area (Å²) in [6.07, 6.45) is 7.03. The van der Waals surface area contributed by atoms with Crippen LogP contribution in [0, 0.1) is 33.8 Å². The van der Waals surface area contributed by atoms with Gasteiger partial charge in [0.05, 0.1) is 31.6 Å². The second-order valence-corrected chi connectivity index (χ2v) is 42.3. The van der Waals surface area contributed by atoms with Crippen LogP contribution >= 0.6 is 67.8 Å². The van der Waals surface area contributed by atoms with Crippen LogP contribution in [0.5, 0.6) is 0 Å². The first-order valence-electron chi connectivity index (χ1n) is 25.6. The molecule has 0 bridgehead atoms. The molecule has 10 rings (SSSR count). The van der Waals surface area contributed by atoms with Crippen LogP contribution in [0.25, 0.3) is 55.2 Å². The summed E-state index contributed by atoms with van der Waals surface area (Å²) >= 11 is 6.20. The summed E-state index contributed by atoms with van der Waals surface area (Å²) in [6.45, 7) is 23.4. The predicted molar refractivity (Wildman–Crippen MR) is 347 cm³/mol. The van der Waals surface area contributed by atoms with E-state index < -0.39 is 24.2 Å². The number of hydrogen-bond acceptors (Lipinski definition) is 20. The van der Waals surface area contributed by atoms with E-state index in [2.05, 4.69) is 175 Å². The van der Waals surface area contributed by atoms with Crippen LogP contribution in [0.15, 0.2) is 55.6 Å². The van der Waals surface area contributed by atoms with Crippen molar-refractivity contribution in [2.45, 2.75) is 97.2 Å². The minimum atomic E-state index is -1.16. The average Bonchev–Trinajstić information content (AvgIpc) is 3.10. The topological polar surface area (TPSA) is 382 Å². The Morgan fingerprint density at radius 2 is 0.905 bits per heavy atom. The zero-order valence-corrected chi connectivity index (χ0v) is 57.7. The molecule has 0 aliphatic carbocycles. The zero-order chi connectivity index (χ0) is 61.8. The van der Waals surface area contributed by atoms with Crippen molar-refractivity contribution in [1.82, 2.24) is 98.3 Å². The number of aromatic nitrogens is 20. The molecular formula is C48H63I3N22O8Si3. The van der Waals surface area contributed by atoms with E-state index in [1.165, 1.54) is 50.0 Å². The highest BCUT2D eigenvalue weighted by molar-refractivity contribution is 14.1. The summed E-state index contributed by atoms with van der Waals surface area (Å²) < 4.78 is 27.9. The summed E-state index contributed by atoms with van der Waals surface area (Å²) in [5, 5.41) is 43.0. The first kappa shape index (κ1) is 66.6. The molecule has 446 valence electrons. The average molecular weight is 1540 g/mol. The van der Waals surface area contributed by atoms with Crippen LogP contribution in [0.2, 0.25) is 77.1 Å². The lowest BCUT2D eigenvalue weighted by atomic mass is 10.3. The molecule has 0 fully saturated rings. The molecular weight excluding hydrogens is 1480 g/mol. The summed E-state index contributed by atoms with van der Waals surface area (Å²) in [4.78, 5) is 83.9. The quantitative estimate of drug-likeness (QED) is 0.0583. The lowest BCUT2D eigenvalue weighted by Gasteiger charge is -2.15. The van der Waals surface area contributed by atoms with E-state index in [1.807, 2.05) is 34.7 Å². The molecule has 10 aromatic rings. The van der Waals surface area contributed by atoms with Gasteiger partial charge in [0.2, 0.25) is 0 Å². The second-order valence-electron chi connectivity index (χ2n) is 22.3. The van der Waals surface area contributed by atoms with E-state index in [0.29, 0.717) is 86.6 Å². The molecule has 10 aromatic heterocycles. The molecule has 0 saturated carbocycles. The van der Waals surface area contributed by atoms with Gasteiger partial charge in [-0.05, 0) is 85.9 Å². The normalized spacial score (nSPS) is 11.6. The molecule has 30 nitrogen and oxygen atoms in total. The van der Waals surface area contributed by atoms with Crippen molar-refractivity contribution in [2.24, 2.45) is 21.1 Å². The third-order valence-electron chi connectivity index (χ3n) is 11.8. The first-order valence-corrected chi connectivity index (χ1v) is 40.0. The Morgan fingerprint density at radius 1 is 0.488 bits per heavy atom. The van der Waals surface area contributed by atoms with Crippen molar-refractivity contribution < 1.29 is 14.2 Å². The van der Waals surface area contributed by atoms with Crippen LogP contribution < -0.4 is 27.8 Å². The van der Waals surface area contributed by atoms with Gasteiger partial charge in [-0.2, -0.15) is 36.0 Å². The molecule has 36 heteroatoms. The zero-order valence-electron chi connectivity index (χ0n) is 48.2. The molecule has 0 aromatic carbocycles. The molecule has 0 saturated heterocycles. The number of aryl methyl sites for hydroxylation is 3. The Morgan fingerprint density at radius 3 is 1.39 bits per heavy atom. The molecule has 0 aliphatic heterocycles. The van der Waals surface area contributed by atoms with E-state index in [4.69, 9.17) is 24.7 Å². The van der Waals surface area contributed by atoms with Gasteiger partial charge in [-0.3, -0.25) is 34.2 Å². The summed E-state index contributed by atoms with van der Waals surface area (Å²) in [5.74, 6) is 0. The molecule has 0 unspecified atom stereocenters. The standard InChI is InChI=1S/C13H19N5O2Si.C12H19IN4O2Si.C11H17IN4O2Si.C7H5N5O.C5H3IN4O/c1-17-8-15-11-10(7-14)16-18(12(11)13(17)19)9-20-5-6-21(2,3)4;1-16-7-14-9-10(12(16)18)17(15-11(9)13)8-19-5-6-20(2,3)4;1-19(2,3)5-4-18-7-16-9-8(10(12)15-16)13-6-14-11(9)17;1-12-3-9-5-4(2-8)10-11-6(5)7(12)13;6-4-2-3(9-10-4)5(11)8-1-7-2/h8H,5-6,9H2,1-4H3;7H,5-6,8H2,1-4H3;6H,4-5,7H2,1-3H3,(H,13,14,17);3H,1H3,(H,10,11);1H,(H,9,10)(H,7,8,11). The Balaban J connectivity index is 0.000000171. The highest BCUT2D eigenvalue weighted by Crippen LogP contribution is 2.18. The number of H-pyrrole nitrogens is 4. The van der Waals surface area contributed by atoms with Gasteiger partial charge in [0.25, 0.3) is 27.8 Å². The number of ether oxygens (including phenoxy) is 3. The summed E-state index contributed by atoms with van der Waals surface area (Å²) in [5.41, 5.74) is 3.78. The molecule has 0 spiro atoms. The lowest BCUT2D eigenvalue weighted by Crippen LogP contribution is -2.23. The molecule has 4 N–H and O–H groups in total. The maximum Gasteiger partial charge on any atom is 0.279 e. The highest BCUT2D eigenvalue weighted by atomic mass is 127. The van der Waals surface area contributed by atoms with Crippen molar-refractivity contribution in [1.29, 1.82) is 10.5 Å². The number of nitriles is 2. The van der Waals surface area contributed by atoms with Gasteiger partial charge < -0.3 is 37.9 Å². The predicted octanol–water partition coefficient (Wildman–Crippen LogP) is 5.18.